The number of rotatable bonds is 8. The molecule has 2 aromatic carbocycles. The Labute approximate surface area is 170 Å². The van der Waals surface area contributed by atoms with E-state index >= 15 is 0 Å². The Morgan fingerprint density at radius 3 is 2.28 bits per heavy atom. The molecule has 0 bridgehead atoms. The molecule has 3 rings (SSSR count). The number of ether oxygens (including phenoxy) is 1. The maximum atomic E-state index is 12.2. The largest absolute Gasteiger partial charge is 0.470 e. The third kappa shape index (κ3) is 5.65. The molecule has 0 saturated carbocycles. The molecule has 1 atom stereocenters. The first-order valence-electron chi connectivity index (χ1n) is 9.19. The molecular formula is C22H22N2O4S. The van der Waals surface area contributed by atoms with Crippen molar-refractivity contribution in [1.82, 2.24) is 10.3 Å². The molecular weight excluding hydrogens is 388 g/mol. The van der Waals surface area contributed by atoms with Crippen LogP contribution in [0.25, 0.3) is 0 Å². The number of hydrogen-bond acceptors (Lipinski definition) is 5. The highest BCUT2D eigenvalue weighted by molar-refractivity contribution is 7.91. The van der Waals surface area contributed by atoms with E-state index in [-0.39, 0.29) is 29.2 Å². The molecule has 3 aromatic rings. The third-order valence-corrected chi connectivity index (χ3v) is 6.06. The zero-order valence-electron chi connectivity index (χ0n) is 16.0. The first-order valence-corrected chi connectivity index (χ1v) is 10.8. The first-order chi connectivity index (χ1) is 14.0. The highest BCUT2D eigenvalue weighted by Gasteiger charge is 2.15. The number of nitrogens with one attached hydrogen (secondary N) is 1. The molecule has 1 heterocycles. The van der Waals surface area contributed by atoms with Gasteiger partial charge in [-0.2, -0.15) is 0 Å². The van der Waals surface area contributed by atoms with Crippen LogP contribution in [0.1, 0.15) is 28.9 Å². The average Bonchev–Trinajstić information content (AvgIpc) is 2.75. The number of nitrogens with zero attached hydrogens (tertiary/aromatic N) is 1. The van der Waals surface area contributed by atoms with Crippen LogP contribution in [-0.4, -0.2) is 31.6 Å². The van der Waals surface area contributed by atoms with Crippen LogP contribution in [0.3, 0.4) is 0 Å². The fraction of sp³-hybridized carbons (Fsp3) is 0.182. The minimum absolute atomic E-state index is 0.0132. The number of hydrogen-bond donors (Lipinski definition) is 1. The lowest BCUT2D eigenvalue weighted by atomic mass is 10.1. The van der Waals surface area contributed by atoms with Gasteiger partial charge in [0.1, 0.15) is 6.10 Å². The van der Waals surface area contributed by atoms with Crippen molar-refractivity contribution in [3.8, 4) is 5.88 Å². The summed E-state index contributed by atoms with van der Waals surface area (Å²) in [6.45, 7) is 1.93. The number of amides is 1. The number of pyridine rings is 1. The van der Waals surface area contributed by atoms with Crippen LogP contribution >= 0.6 is 0 Å². The summed E-state index contributed by atoms with van der Waals surface area (Å²) in [7, 11) is -3.44. The van der Waals surface area contributed by atoms with E-state index < -0.39 is 9.84 Å². The Bertz CT molecular complexity index is 1040. The summed E-state index contributed by atoms with van der Waals surface area (Å²) in [6.07, 6.45) is 1.24. The molecule has 0 saturated heterocycles. The Kier molecular flexibility index (Phi) is 6.61. The molecule has 6 nitrogen and oxygen atoms in total. The molecule has 0 aliphatic heterocycles. The van der Waals surface area contributed by atoms with Crippen molar-refractivity contribution >= 4 is 15.7 Å². The van der Waals surface area contributed by atoms with Crippen LogP contribution in [-0.2, 0) is 9.84 Å². The molecule has 1 amide bonds. The Morgan fingerprint density at radius 2 is 1.66 bits per heavy atom. The van der Waals surface area contributed by atoms with E-state index in [0.717, 1.165) is 5.56 Å². The van der Waals surface area contributed by atoms with Gasteiger partial charge in [0, 0.05) is 18.8 Å². The average molecular weight is 410 g/mol. The second kappa shape index (κ2) is 9.34. The predicted octanol–water partition coefficient (Wildman–Crippen LogP) is 3.43. The highest BCUT2D eigenvalue weighted by atomic mass is 32.2. The Morgan fingerprint density at radius 1 is 1.00 bits per heavy atom. The number of aromatic nitrogens is 1. The zero-order chi connectivity index (χ0) is 20.7. The molecule has 0 fully saturated rings. The summed E-state index contributed by atoms with van der Waals surface area (Å²) < 4.78 is 30.3. The topological polar surface area (TPSA) is 85.4 Å². The summed E-state index contributed by atoms with van der Waals surface area (Å²) in [5.41, 5.74) is 1.36. The van der Waals surface area contributed by atoms with Crippen LogP contribution in [0.2, 0.25) is 0 Å². The van der Waals surface area contributed by atoms with E-state index in [1.807, 2.05) is 37.3 Å². The lowest BCUT2D eigenvalue weighted by Crippen LogP contribution is -2.29. The van der Waals surface area contributed by atoms with E-state index in [1.165, 1.54) is 18.3 Å². The molecule has 1 aromatic heterocycles. The van der Waals surface area contributed by atoms with Crippen molar-refractivity contribution in [3.05, 3.63) is 90.1 Å². The normalized spacial score (nSPS) is 12.2. The zero-order valence-corrected chi connectivity index (χ0v) is 16.8. The van der Waals surface area contributed by atoms with Gasteiger partial charge in [0.2, 0.25) is 5.88 Å². The van der Waals surface area contributed by atoms with Crippen LogP contribution in [0.5, 0.6) is 5.88 Å². The van der Waals surface area contributed by atoms with Gasteiger partial charge in [-0.05, 0) is 30.7 Å². The van der Waals surface area contributed by atoms with Gasteiger partial charge in [0.25, 0.3) is 5.91 Å². The molecule has 1 N–H and O–H groups in total. The van der Waals surface area contributed by atoms with E-state index in [4.69, 9.17) is 4.74 Å². The number of benzene rings is 2. The highest BCUT2D eigenvalue weighted by Crippen LogP contribution is 2.19. The molecule has 150 valence electrons. The Hall–Kier alpha value is -3.19. The monoisotopic (exact) mass is 410 g/mol. The van der Waals surface area contributed by atoms with Gasteiger partial charge in [-0.1, -0.05) is 48.5 Å². The summed E-state index contributed by atoms with van der Waals surface area (Å²) in [4.78, 5) is 16.6. The molecule has 0 aliphatic carbocycles. The number of sulfone groups is 1. The summed E-state index contributed by atoms with van der Waals surface area (Å²) in [5.74, 6) is -0.153. The van der Waals surface area contributed by atoms with Crippen LogP contribution in [0.4, 0.5) is 0 Å². The van der Waals surface area contributed by atoms with Crippen LogP contribution in [0.15, 0.2) is 83.9 Å². The molecule has 0 radical (unpaired) electrons. The Balaban J connectivity index is 1.53. The second-order valence-electron chi connectivity index (χ2n) is 6.44. The SMILES string of the molecule is C[C@@H](Oc1ccc(C(=O)NCCS(=O)(=O)c2ccccc2)cn1)c1ccccc1. The van der Waals surface area contributed by atoms with Gasteiger partial charge < -0.3 is 10.1 Å². The van der Waals surface area contributed by atoms with Crippen molar-refractivity contribution in [2.75, 3.05) is 12.3 Å². The van der Waals surface area contributed by atoms with Gasteiger partial charge in [0.15, 0.2) is 9.84 Å². The maximum absolute atomic E-state index is 12.2. The van der Waals surface area contributed by atoms with Gasteiger partial charge in [-0.3, -0.25) is 4.79 Å². The first kappa shape index (κ1) is 20.5. The van der Waals surface area contributed by atoms with Gasteiger partial charge in [0.05, 0.1) is 16.2 Å². The van der Waals surface area contributed by atoms with E-state index in [1.54, 1.807) is 30.3 Å². The van der Waals surface area contributed by atoms with Crippen molar-refractivity contribution in [1.29, 1.82) is 0 Å². The van der Waals surface area contributed by atoms with Gasteiger partial charge in [-0.25, -0.2) is 13.4 Å². The fourth-order valence-electron chi connectivity index (χ4n) is 2.70. The van der Waals surface area contributed by atoms with Crippen LogP contribution in [0, 0.1) is 0 Å². The maximum Gasteiger partial charge on any atom is 0.252 e. The minimum atomic E-state index is -3.44. The molecule has 7 heteroatoms. The lowest BCUT2D eigenvalue weighted by Gasteiger charge is -2.14. The van der Waals surface area contributed by atoms with Gasteiger partial charge in [-0.15, -0.1) is 0 Å². The van der Waals surface area contributed by atoms with E-state index in [0.29, 0.717) is 11.4 Å². The van der Waals surface area contributed by atoms with Crippen LogP contribution < -0.4 is 10.1 Å². The van der Waals surface area contributed by atoms with Crippen molar-refractivity contribution in [2.24, 2.45) is 0 Å². The van der Waals surface area contributed by atoms with Crippen molar-refractivity contribution in [3.63, 3.8) is 0 Å². The molecule has 29 heavy (non-hydrogen) atoms. The smallest absolute Gasteiger partial charge is 0.252 e. The quantitative estimate of drug-likeness (QED) is 0.615. The summed E-state index contributed by atoms with van der Waals surface area (Å²) in [5, 5.41) is 2.61. The van der Waals surface area contributed by atoms with Crippen molar-refractivity contribution in [2.45, 2.75) is 17.9 Å². The molecule has 0 spiro atoms. The summed E-state index contributed by atoms with van der Waals surface area (Å²) in [6, 6.07) is 21.1. The predicted molar refractivity (Wildman–Crippen MR) is 111 cm³/mol. The lowest BCUT2D eigenvalue weighted by molar-refractivity contribution is 0.0955. The number of carbonyl (C=O) groups excluding carboxylic acids is 1. The molecule has 0 unspecified atom stereocenters. The molecule has 0 aliphatic rings. The van der Waals surface area contributed by atoms with Gasteiger partial charge >= 0.3 is 0 Å². The minimum Gasteiger partial charge on any atom is -0.470 e. The second-order valence-corrected chi connectivity index (χ2v) is 8.55. The van der Waals surface area contributed by atoms with E-state index in [9.17, 15) is 13.2 Å². The van der Waals surface area contributed by atoms with E-state index in [2.05, 4.69) is 10.3 Å². The van der Waals surface area contributed by atoms with Crippen molar-refractivity contribution < 1.29 is 17.9 Å². The third-order valence-electron chi connectivity index (χ3n) is 4.32. The fourth-order valence-corrected chi connectivity index (χ4v) is 3.88. The summed E-state index contributed by atoms with van der Waals surface area (Å²) >= 11 is 0. The standard InChI is InChI=1S/C22H22N2O4S/c1-17(18-8-4-2-5-9-18)28-21-13-12-19(16-24-21)22(25)23-14-15-29(26,27)20-10-6-3-7-11-20/h2-13,16-17H,14-15H2,1H3,(H,23,25)/t17-/m1/s1. The number of carbonyl (C=O) groups is 1.